The number of hydrogen-bond donors (Lipinski definition) is 1. The molecule has 16 heavy (non-hydrogen) atoms. The highest BCUT2D eigenvalue weighted by molar-refractivity contribution is 5.24. The van der Waals surface area contributed by atoms with Crippen molar-refractivity contribution in [3.05, 3.63) is 29.8 Å². The summed E-state index contributed by atoms with van der Waals surface area (Å²) in [6.45, 7) is 2.67. The zero-order chi connectivity index (χ0) is 11.1. The summed E-state index contributed by atoms with van der Waals surface area (Å²) in [5.41, 5.74) is 0. The van der Waals surface area contributed by atoms with E-state index >= 15 is 0 Å². The highest BCUT2D eigenvalue weighted by Crippen LogP contribution is 2.48. The molecule has 1 aromatic carbocycles. The molecule has 1 aliphatic heterocycles. The Labute approximate surface area is 92.6 Å². The monoisotopic (exact) mass is 225 g/mol. The molecule has 0 radical (unpaired) electrons. The van der Waals surface area contributed by atoms with Crippen molar-refractivity contribution < 1.29 is 13.5 Å². The van der Waals surface area contributed by atoms with Crippen LogP contribution in [0.5, 0.6) is 5.75 Å². The minimum Gasteiger partial charge on any atom is -0.493 e. The fraction of sp³-hybridized carbons (Fsp3) is 0.500. The van der Waals surface area contributed by atoms with Crippen LogP contribution in [0, 0.1) is 29.4 Å². The van der Waals surface area contributed by atoms with Gasteiger partial charge in [-0.3, -0.25) is 0 Å². The molecule has 4 heteroatoms. The molecule has 0 amide bonds. The van der Waals surface area contributed by atoms with E-state index in [-0.39, 0.29) is 5.75 Å². The lowest BCUT2D eigenvalue weighted by Gasteiger charge is -2.08. The van der Waals surface area contributed by atoms with Crippen LogP contribution in [0.3, 0.4) is 0 Å². The fourth-order valence-electron chi connectivity index (χ4n) is 2.60. The first-order valence-corrected chi connectivity index (χ1v) is 5.53. The van der Waals surface area contributed by atoms with E-state index in [0.29, 0.717) is 24.4 Å². The molecule has 1 aromatic rings. The highest BCUT2D eigenvalue weighted by Gasteiger charge is 2.52. The van der Waals surface area contributed by atoms with Gasteiger partial charge in [0, 0.05) is 24.1 Å². The van der Waals surface area contributed by atoms with Gasteiger partial charge in [-0.05, 0) is 24.9 Å². The molecular formula is C12H13F2NO. The number of rotatable bonds is 3. The summed E-state index contributed by atoms with van der Waals surface area (Å²) in [5, 5.41) is 3.29. The van der Waals surface area contributed by atoms with Gasteiger partial charge in [0.1, 0.15) is 17.4 Å². The van der Waals surface area contributed by atoms with Crippen LogP contribution in [0.15, 0.2) is 18.2 Å². The van der Waals surface area contributed by atoms with E-state index in [9.17, 15) is 8.78 Å². The summed E-state index contributed by atoms with van der Waals surface area (Å²) in [4.78, 5) is 0. The smallest absolute Gasteiger partial charge is 0.129 e. The maximum atomic E-state index is 12.9. The van der Waals surface area contributed by atoms with E-state index in [0.717, 1.165) is 19.2 Å². The average Bonchev–Trinajstić information content (AvgIpc) is 2.68. The second-order valence-corrected chi connectivity index (χ2v) is 4.57. The summed E-state index contributed by atoms with van der Waals surface area (Å²) in [7, 11) is 0. The minimum absolute atomic E-state index is 0.287. The summed E-state index contributed by atoms with van der Waals surface area (Å²) in [5.74, 6) is 1.08. The number of nitrogens with one attached hydrogen (secondary N) is 1. The minimum atomic E-state index is -0.590. The predicted molar refractivity (Wildman–Crippen MR) is 55.2 cm³/mol. The highest BCUT2D eigenvalue weighted by atomic mass is 19.1. The first-order chi connectivity index (χ1) is 7.74. The molecule has 2 nitrogen and oxygen atoms in total. The molecule has 86 valence electrons. The van der Waals surface area contributed by atoms with E-state index < -0.39 is 11.6 Å². The van der Waals surface area contributed by atoms with Crippen LogP contribution < -0.4 is 10.1 Å². The Morgan fingerprint density at radius 2 is 1.75 bits per heavy atom. The molecule has 0 aromatic heterocycles. The fourth-order valence-corrected chi connectivity index (χ4v) is 2.60. The third kappa shape index (κ3) is 1.78. The third-order valence-corrected chi connectivity index (χ3v) is 3.55. The Bertz CT molecular complexity index is 380. The quantitative estimate of drug-likeness (QED) is 0.847. The normalized spacial score (nSPS) is 31.2. The molecular weight excluding hydrogens is 212 g/mol. The second kappa shape index (κ2) is 3.70. The van der Waals surface area contributed by atoms with Crippen LogP contribution in [-0.2, 0) is 0 Å². The van der Waals surface area contributed by atoms with Crippen molar-refractivity contribution in [1.29, 1.82) is 0 Å². The van der Waals surface area contributed by atoms with Crippen molar-refractivity contribution in [1.82, 2.24) is 5.32 Å². The van der Waals surface area contributed by atoms with Gasteiger partial charge in [0.2, 0.25) is 0 Å². The van der Waals surface area contributed by atoms with Crippen LogP contribution in [0.25, 0.3) is 0 Å². The number of benzene rings is 1. The lowest BCUT2D eigenvalue weighted by Crippen LogP contribution is -2.17. The van der Waals surface area contributed by atoms with E-state index in [1.807, 2.05) is 0 Å². The van der Waals surface area contributed by atoms with Crippen molar-refractivity contribution in [2.45, 2.75) is 0 Å². The van der Waals surface area contributed by atoms with Crippen molar-refractivity contribution in [3.63, 3.8) is 0 Å². The van der Waals surface area contributed by atoms with Gasteiger partial charge in [-0.25, -0.2) is 8.78 Å². The predicted octanol–water partition coefficient (Wildman–Crippen LogP) is 1.81. The first kappa shape index (κ1) is 10.0. The van der Waals surface area contributed by atoms with Gasteiger partial charge in [0.05, 0.1) is 6.61 Å². The Morgan fingerprint density at radius 1 is 1.12 bits per heavy atom. The molecule has 1 N–H and O–H groups in total. The zero-order valence-electron chi connectivity index (χ0n) is 8.75. The van der Waals surface area contributed by atoms with Crippen LogP contribution in [0.1, 0.15) is 0 Å². The van der Waals surface area contributed by atoms with Crippen LogP contribution in [-0.4, -0.2) is 19.7 Å². The standard InChI is InChI=1S/C12H13F2NO/c13-7-1-8(14)3-9(2-7)16-6-12-10-4-15-5-11(10)12/h1-3,10-12,15H,4-6H2/t10-,11+,12-. The number of piperidine rings is 1. The topological polar surface area (TPSA) is 21.3 Å². The van der Waals surface area contributed by atoms with Crippen molar-refractivity contribution in [2.24, 2.45) is 17.8 Å². The SMILES string of the molecule is Fc1cc(F)cc(OC[C@@H]2[C@@H]3CNC[C@@H]32)c1. The lowest BCUT2D eigenvalue weighted by molar-refractivity contribution is 0.278. The van der Waals surface area contributed by atoms with Gasteiger partial charge in [-0.1, -0.05) is 0 Å². The number of fused-ring (bicyclic) bond motifs is 1. The Morgan fingerprint density at radius 3 is 2.38 bits per heavy atom. The second-order valence-electron chi connectivity index (χ2n) is 4.57. The molecule has 3 rings (SSSR count). The third-order valence-electron chi connectivity index (χ3n) is 3.55. The van der Waals surface area contributed by atoms with Crippen molar-refractivity contribution in [3.8, 4) is 5.75 Å². The Hall–Kier alpha value is -1.16. The van der Waals surface area contributed by atoms with Crippen LogP contribution in [0.4, 0.5) is 8.78 Å². The molecule has 0 unspecified atom stereocenters. The molecule has 1 saturated heterocycles. The van der Waals surface area contributed by atoms with E-state index in [2.05, 4.69) is 5.32 Å². The van der Waals surface area contributed by atoms with Gasteiger partial charge in [0.15, 0.2) is 0 Å². The van der Waals surface area contributed by atoms with Gasteiger partial charge >= 0.3 is 0 Å². The van der Waals surface area contributed by atoms with Crippen molar-refractivity contribution >= 4 is 0 Å². The maximum Gasteiger partial charge on any atom is 0.129 e. The molecule has 1 saturated carbocycles. The zero-order valence-corrected chi connectivity index (χ0v) is 8.75. The average molecular weight is 225 g/mol. The molecule has 1 heterocycles. The van der Waals surface area contributed by atoms with Gasteiger partial charge in [-0.2, -0.15) is 0 Å². The van der Waals surface area contributed by atoms with Crippen LogP contribution >= 0.6 is 0 Å². The molecule has 0 bridgehead atoms. The number of ether oxygens (including phenoxy) is 1. The number of hydrogen-bond acceptors (Lipinski definition) is 2. The van der Waals surface area contributed by atoms with Gasteiger partial charge < -0.3 is 10.1 Å². The Kier molecular flexibility index (Phi) is 2.32. The summed E-state index contributed by atoms with van der Waals surface area (Å²) < 4.78 is 31.2. The maximum absolute atomic E-state index is 12.9. The van der Waals surface area contributed by atoms with E-state index in [1.165, 1.54) is 12.1 Å². The summed E-state index contributed by atoms with van der Waals surface area (Å²) in [6, 6.07) is 3.29. The van der Waals surface area contributed by atoms with Gasteiger partial charge in [0.25, 0.3) is 0 Å². The molecule has 2 fully saturated rings. The largest absolute Gasteiger partial charge is 0.493 e. The van der Waals surface area contributed by atoms with Crippen molar-refractivity contribution in [2.75, 3.05) is 19.7 Å². The lowest BCUT2D eigenvalue weighted by atomic mass is 10.3. The van der Waals surface area contributed by atoms with E-state index in [1.54, 1.807) is 0 Å². The molecule has 0 spiro atoms. The first-order valence-electron chi connectivity index (χ1n) is 5.53. The van der Waals surface area contributed by atoms with Gasteiger partial charge in [-0.15, -0.1) is 0 Å². The molecule has 2 aliphatic rings. The van der Waals surface area contributed by atoms with E-state index in [4.69, 9.17) is 4.74 Å². The van der Waals surface area contributed by atoms with Crippen LogP contribution in [0.2, 0.25) is 0 Å². The molecule has 1 aliphatic carbocycles. The summed E-state index contributed by atoms with van der Waals surface area (Å²) in [6.07, 6.45) is 0. The Balaban J connectivity index is 1.58. The molecule has 3 atom stereocenters. The number of halogens is 2. The summed E-state index contributed by atoms with van der Waals surface area (Å²) >= 11 is 0.